The smallest absolute Gasteiger partial charge is 0.388 e. The first-order chi connectivity index (χ1) is 8.88. The van der Waals surface area contributed by atoms with Gasteiger partial charge in [-0.25, -0.2) is 0 Å². The van der Waals surface area contributed by atoms with Crippen LogP contribution in [0.5, 0.6) is 0 Å². The summed E-state index contributed by atoms with van der Waals surface area (Å²) < 4.78 is 37.4. The normalized spacial score (nSPS) is 26.2. The molecule has 0 spiro atoms. The number of benzene rings is 1. The van der Waals surface area contributed by atoms with Gasteiger partial charge in [0.15, 0.2) is 0 Å². The second-order valence-electron chi connectivity index (χ2n) is 5.60. The minimum Gasteiger partial charge on any atom is -0.388 e. The molecule has 19 heavy (non-hydrogen) atoms. The molecule has 1 aliphatic rings. The molecule has 0 radical (unpaired) electrons. The zero-order chi connectivity index (χ0) is 14.0. The van der Waals surface area contributed by atoms with E-state index < -0.39 is 17.8 Å². The van der Waals surface area contributed by atoms with Crippen molar-refractivity contribution in [1.29, 1.82) is 0 Å². The first-order valence-corrected chi connectivity index (χ1v) is 6.73. The van der Waals surface area contributed by atoms with E-state index in [2.05, 4.69) is 6.92 Å². The molecule has 4 heteroatoms. The highest BCUT2D eigenvalue weighted by atomic mass is 19.4. The molecule has 0 aliphatic heterocycles. The number of alkyl halides is 3. The third-order valence-corrected chi connectivity index (χ3v) is 4.00. The Bertz CT molecular complexity index is 410. The molecule has 1 aromatic carbocycles. The first kappa shape index (κ1) is 14.4. The highest BCUT2D eigenvalue weighted by Crippen LogP contribution is 2.38. The lowest BCUT2D eigenvalue weighted by Crippen LogP contribution is -2.20. The van der Waals surface area contributed by atoms with E-state index in [1.54, 1.807) is 0 Å². The third-order valence-electron chi connectivity index (χ3n) is 4.00. The molecule has 1 nitrogen and oxygen atoms in total. The Hall–Kier alpha value is -1.03. The molecule has 0 heterocycles. The van der Waals surface area contributed by atoms with E-state index in [9.17, 15) is 18.3 Å². The van der Waals surface area contributed by atoms with E-state index in [4.69, 9.17) is 0 Å². The molecule has 106 valence electrons. The molecule has 1 aliphatic carbocycles. The first-order valence-electron chi connectivity index (χ1n) is 6.73. The predicted octanol–water partition coefficient (Wildman–Crippen LogP) is 4.57. The fourth-order valence-corrected chi connectivity index (χ4v) is 2.91. The topological polar surface area (TPSA) is 20.2 Å². The molecular formula is C15H19F3O. The Kier molecular flexibility index (Phi) is 4.19. The van der Waals surface area contributed by atoms with Gasteiger partial charge in [0.25, 0.3) is 0 Å². The highest BCUT2D eigenvalue weighted by Gasteiger charge is 2.31. The van der Waals surface area contributed by atoms with Crippen LogP contribution in [-0.4, -0.2) is 5.11 Å². The van der Waals surface area contributed by atoms with Crippen molar-refractivity contribution in [2.45, 2.75) is 44.9 Å². The van der Waals surface area contributed by atoms with Gasteiger partial charge in [-0.05, 0) is 42.4 Å². The number of hydrogen-bond donors (Lipinski definition) is 1. The summed E-state index contributed by atoms with van der Waals surface area (Å²) in [5, 5.41) is 10.3. The molecule has 0 saturated heterocycles. The second kappa shape index (κ2) is 5.53. The van der Waals surface area contributed by atoms with E-state index in [1.807, 2.05) is 0 Å². The van der Waals surface area contributed by atoms with Gasteiger partial charge in [-0.3, -0.25) is 0 Å². The Balaban J connectivity index is 2.09. The van der Waals surface area contributed by atoms with Crippen LogP contribution in [0, 0.1) is 11.8 Å². The summed E-state index contributed by atoms with van der Waals surface area (Å²) in [5.74, 6) is 0.753. The maximum absolute atomic E-state index is 12.5. The fourth-order valence-electron chi connectivity index (χ4n) is 2.91. The molecule has 1 saturated carbocycles. The standard InChI is InChI=1S/C15H19F3O/c1-10-3-2-4-12(9-10)14(19)11-5-7-13(8-6-11)15(16,17)18/h5-8,10,12,14,19H,2-4,9H2,1H3. The Morgan fingerprint density at radius 3 is 2.32 bits per heavy atom. The lowest BCUT2D eigenvalue weighted by Gasteiger charge is -2.30. The van der Waals surface area contributed by atoms with Gasteiger partial charge < -0.3 is 5.11 Å². The van der Waals surface area contributed by atoms with E-state index in [-0.39, 0.29) is 5.92 Å². The second-order valence-corrected chi connectivity index (χ2v) is 5.60. The Labute approximate surface area is 111 Å². The summed E-state index contributed by atoms with van der Waals surface area (Å²) in [7, 11) is 0. The van der Waals surface area contributed by atoms with Gasteiger partial charge in [-0.2, -0.15) is 13.2 Å². The molecule has 2 rings (SSSR count). The van der Waals surface area contributed by atoms with Crippen molar-refractivity contribution in [2.75, 3.05) is 0 Å². The van der Waals surface area contributed by atoms with Crippen LogP contribution in [0.3, 0.4) is 0 Å². The van der Waals surface area contributed by atoms with Crippen molar-refractivity contribution in [3.05, 3.63) is 35.4 Å². The van der Waals surface area contributed by atoms with E-state index in [1.165, 1.54) is 18.6 Å². The van der Waals surface area contributed by atoms with Crippen molar-refractivity contribution in [3.8, 4) is 0 Å². The number of halogens is 3. The monoisotopic (exact) mass is 272 g/mol. The van der Waals surface area contributed by atoms with Crippen molar-refractivity contribution >= 4 is 0 Å². The summed E-state index contributed by atoms with van der Waals surface area (Å²) in [4.78, 5) is 0. The quantitative estimate of drug-likeness (QED) is 0.836. The van der Waals surface area contributed by atoms with Crippen molar-refractivity contribution in [3.63, 3.8) is 0 Å². The highest BCUT2D eigenvalue weighted by molar-refractivity contribution is 5.26. The third kappa shape index (κ3) is 3.50. The maximum atomic E-state index is 12.5. The van der Waals surface area contributed by atoms with Crippen molar-refractivity contribution in [2.24, 2.45) is 11.8 Å². The Morgan fingerprint density at radius 1 is 1.16 bits per heavy atom. The van der Waals surface area contributed by atoms with Crippen LogP contribution in [0.15, 0.2) is 24.3 Å². The molecule has 3 atom stereocenters. The van der Waals surface area contributed by atoms with E-state index in [0.717, 1.165) is 31.4 Å². The van der Waals surface area contributed by atoms with E-state index in [0.29, 0.717) is 11.5 Å². The summed E-state index contributed by atoms with van der Waals surface area (Å²) in [6.45, 7) is 2.16. The number of aliphatic hydroxyl groups is 1. The largest absolute Gasteiger partial charge is 0.416 e. The van der Waals surface area contributed by atoms with Gasteiger partial charge in [0, 0.05) is 0 Å². The maximum Gasteiger partial charge on any atom is 0.416 e. The summed E-state index contributed by atoms with van der Waals surface area (Å²) >= 11 is 0. The number of aliphatic hydroxyl groups excluding tert-OH is 1. The van der Waals surface area contributed by atoms with Crippen LogP contribution in [-0.2, 0) is 6.18 Å². The summed E-state index contributed by atoms with van der Waals surface area (Å²) in [6, 6.07) is 4.88. The van der Waals surface area contributed by atoms with Crippen LogP contribution in [0.25, 0.3) is 0 Å². The van der Waals surface area contributed by atoms with Crippen molar-refractivity contribution < 1.29 is 18.3 Å². The van der Waals surface area contributed by atoms with Gasteiger partial charge >= 0.3 is 6.18 Å². The zero-order valence-electron chi connectivity index (χ0n) is 11.0. The van der Waals surface area contributed by atoms with Gasteiger partial charge in [0.1, 0.15) is 0 Å². The molecule has 0 amide bonds. The van der Waals surface area contributed by atoms with Crippen LogP contribution in [0.2, 0.25) is 0 Å². The lowest BCUT2D eigenvalue weighted by atomic mass is 9.78. The molecule has 1 aromatic rings. The average molecular weight is 272 g/mol. The van der Waals surface area contributed by atoms with Crippen LogP contribution in [0.1, 0.15) is 49.8 Å². The van der Waals surface area contributed by atoms with Crippen LogP contribution < -0.4 is 0 Å². The predicted molar refractivity (Wildman–Crippen MR) is 67.5 cm³/mol. The van der Waals surface area contributed by atoms with Crippen molar-refractivity contribution in [1.82, 2.24) is 0 Å². The average Bonchev–Trinajstić information content (AvgIpc) is 2.37. The molecule has 1 fully saturated rings. The van der Waals surface area contributed by atoms with Gasteiger partial charge in [0.05, 0.1) is 11.7 Å². The number of hydrogen-bond acceptors (Lipinski definition) is 1. The summed E-state index contributed by atoms with van der Waals surface area (Å²) in [5.41, 5.74) is -0.0763. The SMILES string of the molecule is CC1CCCC(C(O)c2ccc(C(F)(F)F)cc2)C1. The number of rotatable bonds is 2. The zero-order valence-corrected chi connectivity index (χ0v) is 11.0. The Morgan fingerprint density at radius 2 is 1.79 bits per heavy atom. The molecule has 3 unspecified atom stereocenters. The molecule has 0 aromatic heterocycles. The van der Waals surface area contributed by atoms with Crippen LogP contribution in [0.4, 0.5) is 13.2 Å². The molecule has 1 N–H and O–H groups in total. The lowest BCUT2D eigenvalue weighted by molar-refractivity contribution is -0.137. The fraction of sp³-hybridized carbons (Fsp3) is 0.600. The minimum absolute atomic E-state index is 0.167. The van der Waals surface area contributed by atoms with Gasteiger partial charge in [-0.15, -0.1) is 0 Å². The van der Waals surface area contributed by atoms with Gasteiger partial charge in [-0.1, -0.05) is 31.9 Å². The minimum atomic E-state index is -4.32. The summed E-state index contributed by atoms with van der Waals surface area (Å²) in [6.07, 6.45) is -0.804. The van der Waals surface area contributed by atoms with E-state index >= 15 is 0 Å². The molecular weight excluding hydrogens is 253 g/mol. The van der Waals surface area contributed by atoms with Crippen LogP contribution >= 0.6 is 0 Å². The van der Waals surface area contributed by atoms with Gasteiger partial charge in [0.2, 0.25) is 0 Å². The molecule has 0 bridgehead atoms.